The number of allylic oxidation sites excluding steroid dienone is 1. The molecule has 4 N–H and O–H groups in total. The number of carbonyl (C=O) groups is 2. The summed E-state index contributed by atoms with van der Waals surface area (Å²) in [5.74, 6) is -0.473. The lowest BCUT2D eigenvalue weighted by Crippen LogP contribution is -2.29. The number of hydrogen-bond acceptors (Lipinski definition) is 7. The molecule has 2 aromatic carbocycles. The molecule has 10 heteroatoms. The molecule has 0 saturated heterocycles. The zero-order valence-corrected chi connectivity index (χ0v) is 19.9. The van der Waals surface area contributed by atoms with Crippen LogP contribution in [0.1, 0.15) is 31.4 Å². The van der Waals surface area contributed by atoms with Crippen LogP contribution in [-0.2, 0) is 14.3 Å². The van der Waals surface area contributed by atoms with Gasteiger partial charge in [-0.2, -0.15) is 0 Å². The highest BCUT2D eigenvalue weighted by atomic mass is 79.9. The van der Waals surface area contributed by atoms with E-state index in [-0.39, 0.29) is 11.5 Å². The SMILES string of the molecule is CCO[C@H](CC/C=C/C(=O)NO)[C@H](OC(=O)Nc1ccc(Br)cc1)c1ccc(OC)c(O)c1. The first-order valence-corrected chi connectivity index (χ1v) is 11.0. The molecule has 0 saturated carbocycles. The van der Waals surface area contributed by atoms with Gasteiger partial charge < -0.3 is 19.3 Å². The van der Waals surface area contributed by atoms with Crippen LogP contribution < -0.4 is 15.5 Å². The van der Waals surface area contributed by atoms with Crippen molar-refractivity contribution in [3.8, 4) is 11.5 Å². The topological polar surface area (TPSA) is 126 Å². The fraction of sp³-hybridized carbons (Fsp3) is 0.304. The highest BCUT2D eigenvalue weighted by molar-refractivity contribution is 9.10. The van der Waals surface area contributed by atoms with Gasteiger partial charge in [0.05, 0.1) is 13.2 Å². The number of anilines is 1. The minimum absolute atomic E-state index is 0.105. The van der Waals surface area contributed by atoms with Gasteiger partial charge in [-0.15, -0.1) is 0 Å². The number of benzene rings is 2. The summed E-state index contributed by atoms with van der Waals surface area (Å²) in [4.78, 5) is 23.8. The predicted octanol–water partition coefficient (Wildman–Crippen LogP) is 4.70. The summed E-state index contributed by atoms with van der Waals surface area (Å²) >= 11 is 3.34. The van der Waals surface area contributed by atoms with Gasteiger partial charge in [-0.05, 0) is 61.7 Å². The highest BCUT2D eigenvalue weighted by Gasteiger charge is 2.28. The fourth-order valence-electron chi connectivity index (χ4n) is 3.06. The summed E-state index contributed by atoms with van der Waals surface area (Å²) in [5.41, 5.74) is 2.58. The molecule has 2 atom stereocenters. The van der Waals surface area contributed by atoms with Crippen LogP contribution in [0.5, 0.6) is 11.5 Å². The third kappa shape index (κ3) is 8.41. The Morgan fingerprint density at radius 3 is 2.52 bits per heavy atom. The summed E-state index contributed by atoms with van der Waals surface area (Å²) in [6.07, 6.45) is 1.43. The Bertz CT molecular complexity index is 950. The van der Waals surface area contributed by atoms with Crippen molar-refractivity contribution in [2.45, 2.75) is 32.0 Å². The Labute approximate surface area is 200 Å². The van der Waals surface area contributed by atoms with E-state index in [1.807, 2.05) is 6.92 Å². The van der Waals surface area contributed by atoms with E-state index in [0.717, 1.165) is 4.47 Å². The van der Waals surface area contributed by atoms with E-state index in [0.29, 0.717) is 30.7 Å². The average molecular weight is 523 g/mol. The van der Waals surface area contributed by atoms with E-state index in [1.165, 1.54) is 24.7 Å². The van der Waals surface area contributed by atoms with Crippen LogP contribution in [0.15, 0.2) is 59.1 Å². The lowest BCUT2D eigenvalue weighted by atomic mass is 9.99. The smallest absolute Gasteiger partial charge is 0.412 e. The number of rotatable bonds is 11. The molecule has 0 aliphatic carbocycles. The molecule has 0 aliphatic rings. The molecule has 0 bridgehead atoms. The van der Waals surface area contributed by atoms with Gasteiger partial charge in [0.2, 0.25) is 0 Å². The van der Waals surface area contributed by atoms with E-state index in [4.69, 9.17) is 19.4 Å². The number of hydroxylamine groups is 1. The van der Waals surface area contributed by atoms with Crippen LogP contribution in [0.4, 0.5) is 10.5 Å². The van der Waals surface area contributed by atoms with Gasteiger partial charge in [0.15, 0.2) is 17.6 Å². The molecule has 2 rings (SSSR count). The molecule has 0 unspecified atom stereocenters. The third-order valence-electron chi connectivity index (χ3n) is 4.57. The van der Waals surface area contributed by atoms with E-state index in [1.54, 1.807) is 42.5 Å². The van der Waals surface area contributed by atoms with Crippen LogP contribution >= 0.6 is 15.9 Å². The number of phenolic OH excluding ortho intramolecular Hbond substituents is 1. The Morgan fingerprint density at radius 1 is 1.18 bits per heavy atom. The molecular formula is C23H27BrN2O7. The van der Waals surface area contributed by atoms with Gasteiger partial charge in [0.25, 0.3) is 5.91 Å². The number of hydrogen-bond donors (Lipinski definition) is 4. The Kier molecular flexibility index (Phi) is 10.7. The molecule has 9 nitrogen and oxygen atoms in total. The molecule has 0 fully saturated rings. The first-order valence-electron chi connectivity index (χ1n) is 10.2. The maximum Gasteiger partial charge on any atom is 0.412 e. The Balaban J connectivity index is 2.25. The molecular weight excluding hydrogens is 496 g/mol. The van der Waals surface area contributed by atoms with Crippen molar-refractivity contribution in [3.63, 3.8) is 0 Å². The van der Waals surface area contributed by atoms with Gasteiger partial charge >= 0.3 is 6.09 Å². The minimum atomic E-state index is -0.864. The number of methoxy groups -OCH3 is 1. The van der Waals surface area contributed by atoms with Crippen LogP contribution in [0.25, 0.3) is 0 Å². The first-order chi connectivity index (χ1) is 15.9. The minimum Gasteiger partial charge on any atom is -0.504 e. The molecule has 0 radical (unpaired) electrons. The van der Waals surface area contributed by atoms with Crippen LogP contribution in [0.2, 0.25) is 0 Å². The Hall–Kier alpha value is -3.08. The van der Waals surface area contributed by atoms with Crippen molar-refractivity contribution in [2.24, 2.45) is 0 Å². The van der Waals surface area contributed by atoms with E-state index in [9.17, 15) is 14.7 Å². The monoisotopic (exact) mass is 522 g/mol. The number of nitrogens with one attached hydrogen (secondary N) is 2. The maximum absolute atomic E-state index is 12.7. The van der Waals surface area contributed by atoms with Crippen molar-refractivity contribution in [1.29, 1.82) is 0 Å². The number of carbonyl (C=O) groups excluding carboxylic acids is 2. The summed E-state index contributed by atoms with van der Waals surface area (Å²) in [6.45, 7) is 2.16. The summed E-state index contributed by atoms with van der Waals surface area (Å²) in [5, 5.41) is 21.5. The Morgan fingerprint density at radius 2 is 1.91 bits per heavy atom. The van der Waals surface area contributed by atoms with Gasteiger partial charge in [0, 0.05) is 22.8 Å². The van der Waals surface area contributed by atoms with Crippen molar-refractivity contribution in [2.75, 3.05) is 19.0 Å². The van der Waals surface area contributed by atoms with E-state index < -0.39 is 24.2 Å². The number of aromatic hydroxyl groups is 1. The molecule has 2 amide bonds. The number of amides is 2. The average Bonchev–Trinajstić information content (AvgIpc) is 2.81. The van der Waals surface area contributed by atoms with Crippen molar-refractivity contribution < 1.29 is 34.1 Å². The van der Waals surface area contributed by atoms with Gasteiger partial charge in [-0.3, -0.25) is 15.3 Å². The highest BCUT2D eigenvalue weighted by Crippen LogP contribution is 2.34. The van der Waals surface area contributed by atoms with Crippen LogP contribution in [0.3, 0.4) is 0 Å². The number of halogens is 1. The lowest BCUT2D eigenvalue weighted by molar-refractivity contribution is -0.124. The van der Waals surface area contributed by atoms with E-state index in [2.05, 4.69) is 21.2 Å². The lowest BCUT2D eigenvalue weighted by Gasteiger charge is -2.27. The molecule has 0 heterocycles. The molecule has 0 spiro atoms. The van der Waals surface area contributed by atoms with Crippen LogP contribution in [0, 0.1) is 0 Å². The van der Waals surface area contributed by atoms with Crippen LogP contribution in [-0.4, -0.2) is 42.1 Å². The third-order valence-corrected chi connectivity index (χ3v) is 5.10. The van der Waals surface area contributed by atoms with Gasteiger partial charge in [-0.1, -0.05) is 28.1 Å². The quantitative estimate of drug-likeness (QED) is 0.191. The molecule has 0 aliphatic heterocycles. The second-order valence-electron chi connectivity index (χ2n) is 6.84. The standard InChI is InChI=1S/C23H27BrN2O7/c1-3-32-20(6-4-5-7-21(28)26-30)22(15-8-13-19(31-2)18(27)14-15)33-23(29)25-17-11-9-16(24)10-12-17/h5,7-14,20,22,27,30H,3-4,6H2,1-2H3,(H,25,29)(H,26,28)/b7-5+/t20-,22-/m1/s1. The second-order valence-corrected chi connectivity index (χ2v) is 7.75. The zero-order chi connectivity index (χ0) is 24.2. The number of phenols is 1. The summed E-state index contributed by atoms with van der Waals surface area (Å²) < 4.78 is 17.5. The molecule has 178 valence electrons. The predicted molar refractivity (Wildman–Crippen MR) is 125 cm³/mol. The normalized spacial score (nSPS) is 12.7. The van der Waals surface area contributed by atoms with Gasteiger partial charge in [-0.25, -0.2) is 10.3 Å². The molecule has 0 aromatic heterocycles. The largest absolute Gasteiger partial charge is 0.504 e. The fourth-order valence-corrected chi connectivity index (χ4v) is 3.33. The molecule has 33 heavy (non-hydrogen) atoms. The maximum atomic E-state index is 12.7. The first kappa shape index (κ1) is 26.2. The zero-order valence-electron chi connectivity index (χ0n) is 18.3. The second kappa shape index (κ2) is 13.5. The summed E-state index contributed by atoms with van der Waals surface area (Å²) in [6, 6.07) is 11.7. The van der Waals surface area contributed by atoms with Gasteiger partial charge in [0.1, 0.15) is 0 Å². The number of ether oxygens (including phenoxy) is 3. The van der Waals surface area contributed by atoms with Crippen molar-refractivity contribution >= 4 is 33.6 Å². The van der Waals surface area contributed by atoms with Crippen molar-refractivity contribution in [3.05, 3.63) is 64.7 Å². The summed E-state index contributed by atoms with van der Waals surface area (Å²) in [7, 11) is 1.44. The van der Waals surface area contributed by atoms with Crippen molar-refractivity contribution in [1.82, 2.24) is 5.48 Å². The molecule has 2 aromatic rings. The van der Waals surface area contributed by atoms with E-state index >= 15 is 0 Å².